The Balaban J connectivity index is 2.10. The molecule has 0 N–H and O–H groups in total. The SMILES string of the molecule is COC(C(=O)c1ccsc1)C1CC1. The maximum absolute atomic E-state index is 11.8. The van der Waals surface area contributed by atoms with E-state index in [-0.39, 0.29) is 11.9 Å². The van der Waals surface area contributed by atoms with Crippen LogP contribution in [0.25, 0.3) is 0 Å². The van der Waals surface area contributed by atoms with Gasteiger partial charge in [-0.2, -0.15) is 11.3 Å². The van der Waals surface area contributed by atoms with Gasteiger partial charge in [0.05, 0.1) is 0 Å². The number of rotatable bonds is 4. The fraction of sp³-hybridized carbons (Fsp3) is 0.500. The highest BCUT2D eigenvalue weighted by atomic mass is 32.1. The van der Waals surface area contributed by atoms with Crippen molar-refractivity contribution in [3.05, 3.63) is 22.4 Å². The zero-order valence-electron chi connectivity index (χ0n) is 7.53. The van der Waals surface area contributed by atoms with Gasteiger partial charge in [0.25, 0.3) is 0 Å². The van der Waals surface area contributed by atoms with E-state index in [9.17, 15) is 4.79 Å². The van der Waals surface area contributed by atoms with Gasteiger partial charge in [0.1, 0.15) is 6.10 Å². The van der Waals surface area contributed by atoms with E-state index in [1.165, 1.54) is 0 Å². The molecular weight excluding hydrogens is 184 g/mol. The van der Waals surface area contributed by atoms with Gasteiger partial charge in [-0.1, -0.05) is 0 Å². The molecule has 2 nitrogen and oxygen atoms in total. The van der Waals surface area contributed by atoms with Crippen molar-refractivity contribution in [3.8, 4) is 0 Å². The summed E-state index contributed by atoms with van der Waals surface area (Å²) < 4.78 is 5.21. The number of carbonyl (C=O) groups excluding carboxylic acids is 1. The van der Waals surface area contributed by atoms with Crippen molar-refractivity contribution in [2.24, 2.45) is 5.92 Å². The van der Waals surface area contributed by atoms with E-state index < -0.39 is 0 Å². The van der Waals surface area contributed by atoms with Crippen molar-refractivity contribution in [2.45, 2.75) is 18.9 Å². The number of ketones is 1. The van der Waals surface area contributed by atoms with Crippen LogP contribution in [0, 0.1) is 5.92 Å². The maximum atomic E-state index is 11.8. The Labute approximate surface area is 81.5 Å². The summed E-state index contributed by atoms with van der Waals surface area (Å²) in [5.74, 6) is 0.614. The van der Waals surface area contributed by atoms with Gasteiger partial charge in [-0.05, 0) is 30.2 Å². The fourth-order valence-electron chi connectivity index (χ4n) is 1.48. The van der Waals surface area contributed by atoms with Crippen LogP contribution in [0.5, 0.6) is 0 Å². The summed E-state index contributed by atoms with van der Waals surface area (Å²) in [5.41, 5.74) is 0.795. The van der Waals surface area contributed by atoms with Crippen molar-refractivity contribution < 1.29 is 9.53 Å². The van der Waals surface area contributed by atoms with Gasteiger partial charge in [-0.3, -0.25) is 4.79 Å². The van der Waals surface area contributed by atoms with Gasteiger partial charge in [-0.25, -0.2) is 0 Å². The monoisotopic (exact) mass is 196 g/mol. The second kappa shape index (κ2) is 3.60. The van der Waals surface area contributed by atoms with Crippen molar-refractivity contribution in [1.29, 1.82) is 0 Å². The lowest BCUT2D eigenvalue weighted by Gasteiger charge is -2.11. The van der Waals surface area contributed by atoms with Crippen molar-refractivity contribution in [2.75, 3.05) is 7.11 Å². The molecule has 1 aromatic rings. The molecule has 1 heterocycles. The molecule has 0 saturated heterocycles. The number of thiophene rings is 1. The molecule has 1 aliphatic rings. The number of hydrogen-bond donors (Lipinski definition) is 0. The molecule has 1 aromatic heterocycles. The van der Waals surface area contributed by atoms with Gasteiger partial charge >= 0.3 is 0 Å². The van der Waals surface area contributed by atoms with Crippen LogP contribution in [0.2, 0.25) is 0 Å². The molecule has 0 radical (unpaired) electrons. The highest BCUT2D eigenvalue weighted by Crippen LogP contribution is 2.35. The second-order valence-corrected chi connectivity index (χ2v) is 4.15. The molecule has 3 heteroatoms. The second-order valence-electron chi connectivity index (χ2n) is 3.37. The first-order valence-corrected chi connectivity index (χ1v) is 5.36. The van der Waals surface area contributed by atoms with E-state index in [0.717, 1.165) is 18.4 Å². The highest BCUT2D eigenvalue weighted by Gasteiger charge is 2.36. The normalized spacial score (nSPS) is 18.5. The van der Waals surface area contributed by atoms with Crippen LogP contribution in [-0.2, 0) is 4.74 Å². The molecule has 1 aliphatic carbocycles. The third kappa shape index (κ3) is 1.81. The van der Waals surface area contributed by atoms with Crippen LogP contribution in [0.3, 0.4) is 0 Å². The minimum Gasteiger partial charge on any atom is -0.373 e. The van der Waals surface area contributed by atoms with Crippen molar-refractivity contribution in [1.82, 2.24) is 0 Å². The Kier molecular flexibility index (Phi) is 2.47. The van der Waals surface area contributed by atoms with Crippen LogP contribution in [0.15, 0.2) is 16.8 Å². The summed E-state index contributed by atoms with van der Waals surface area (Å²) >= 11 is 1.55. The minimum absolute atomic E-state index is 0.145. The van der Waals surface area contributed by atoms with Crippen LogP contribution < -0.4 is 0 Å². The summed E-state index contributed by atoms with van der Waals surface area (Å²) in [4.78, 5) is 11.8. The topological polar surface area (TPSA) is 26.3 Å². The van der Waals surface area contributed by atoms with E-state index in [1.807, 2.05) is 16.8 Å². The number of hydrogen-bond acceptors (Lipinski definition) is 3. The first-order valence-electron chi connectivity index (χ1n) is 4.42. The number of Topliss-reactive ketones (excluding diaryl/α,β-unsaturated/α-hetero) is 1. The van der Waals surface area contributed by atoms with Gasteiger partial charge in [0.2, 0.25) is 0 Å². The molecule has 1 atom stereocenters. The molecular formula is C10H12O2S. The molecule has 0 aromatic carbocycles. The van der Waals surface area contributed by atoms with Crippen molar-refractivity contribution in [3.63, 3.8) is 0 Å². The predicted octanol–water partition coefficient (Wildman–Crippen LogP) is 2.36. The van der Waals surface area contributed by atoms with Gasteiger partial charge < -0.3 is 4.74 Å². The molecule has 1 fully saturated rings. The first-order chi connectivity index (χ1) is 6.33. The van der Waals surface area contributed by atoms with E-state index in [4.69, 9.17) is 4.74 Å². The van der Waals surface area contributed by atoms with Crippen LogP contribution >= 0.6 is 11.3 Å². The standard InChI is InChI=1S/C10H12O2S/c1-12-10(7-2-3-7)9(11)8-4-5-13-6-8/h4-7,10H,2-3H2,1H3. The summed E-state index contributed by atoms with van der Waals surface area (Å²) in [6.45, 7) is 0. The number of ether oxygens (including phenoxy) is 1. The fourth-order valence-corrected chi connectivity index (χ4v) is 2.13. The lowest BCUT2D eigenvalue weighted by Crippen LogP contribution is -2.24. The smallest absolute Gasteiger partial charge is 0.192 e. The average Bonchev–Trinajstić information content (AvgIpc) is 2.83. The zero-order valence-corrected chi connectivity index (χ0v) is 8.34. The molecule has 13 heavy (non-hydrogen) atoms. The van der Waals surface area contributed by atoms with Gasteiger partial charge in [0, 0.05) is 18.1 Å². The Hall–Kier alpha value is -0.670. The van der Waals surface area contributed by atoms with E-state index in [0.29, 0.717) is 5.92 Å². The lowest BCUT2D eigenvalue weighted by atomic mass is 10.1. The Morgan fingerprint density at radius 2 is 2.46 bits per heavy atom. The Morgan fingerprint density at radius 1 is 1.69 bits per heavy atom. The highest BCUT2D eigenvalue weighted by molar-refractivity contribution is 7.08. The lowest BCUT2D eigenvalue weighted by molar-refractivity contribution is 0.0540. The summed E-state index contributed by atoms with van der Waals surface area (Å²) in [6, 6.07) is 1.86. The van der Waals surface area contributed by atoms with Crippen LogP contribution in [-0.4, -0.2) is 19.0 Å². The summed E-state index contributed by atoms with van der Waals surface area (Å²) in [6.07, 6.45) is 2.07. The largest absolute Gasteiger partial charge is 0.373 e. The molecule has 0 aliphatic heterocycles. The molecule has 0 amide bonds. The van der Waals surface area contributed by atoms with Gasteiger partial charge in [-0.15, -0.1) is 0 Å². The summed E-state index contributed by atoms with van der Waals surface area (Å²) in [7, 11) is 1.62. The molecule has 1 saturated carbocycles. The zero-order chi connectivity index (χ0) is 9.26. The maximum Gasteiger partial charge on any atom is 0.192 e. The molecule has 1 unspecified atom stereocenters. The first kappa shape index (κ1) is 8.91. The van der Waals surface area contributed by atoms with Crippen LogP contribution in [0.4, 0.5) is 0 Å². The Morgan fingerprint density at radius 3 is 2.92 bits per heavy atom. The van der Waals surface area contributed by atoms with Gasteiger partial charge in [0.15, 0.2) is 5.78 Å². The van der Waals surface area contributed by atoms with E-state index in [2.05, 4.69) is 0 Å². The Bertz CT molecular complexity index is 288. The molecule has 0 bridgehead atoms. The van der Waals surface area contributed by atoms with E-state index >= 15 is 0 Å². The van der Waals surface area contributed by atoms with Crippen LogP contribution in [0.1, 0.15) is 23.2 Å². The third-order valence-electron chi connectivity index (χ3n) is 2.37. The number of methoxy groups -OCH3 is 1. The summed E-state index contributed by atoms with van der Waals surface area (Å²) in [5, 5.41) is 3.81. The average molecular weight is 196 g/mol. The third-order valence-corrected chi connectivity index (χ3v) is 3.05. The molecule has 70 valence electrons. The van der Waals surface area contributed by atoms with E-state index in [1.54, 1.807) is 18.4 Å². The number of carbonyl (C=O) groups is 1. The quantitative estimate of drug-likeness (QED) is 0.691. The van der Waals surface area contributed by atoms with Crippen molar-refractivity contribution >= 4 is 17.1 Å². The minimum atomic E-state index is -0.199. The molecule has 0 spiro atoms. The predicted molar refractivity (Wildman–Crippen MR) is 52.2 cm³/mol. The molecule has 2 rings (SSSR count).